The highest BCUT2D eigenvalue weighted by Gasteiger charge is 2.10. The lowest BCUT2D eigenvalue weighted by Gasteiger charge is -2.28. The zero-order valence-corrected chi connectivity index (χ0v) is 12.2. The van der Waals surface area contributed by atoms with Gasteiger partial charge in [0, 0.05) is 18.6 Å². The predicted molar refractivity (Wildman–Crippen MR) is 73.9 cm³/mol. The second-order valence-corrected chi connectivity index (χ2v) is 5.80. The van der Waals surface area contributed by atoms with Gasteiger partial charge in [-0.3, -0.25) is 0 Å². The molecule has 1 N–H and O–H groups in total. The number of nitrogens with zero attached hydrogens (tertiary/aromatic N) is 1. The molecule has 16 heavy (non-hydrogen) atoms. The SMILES string of the molecule is CC(C)CN(CCCCNC(C)C)C(C)C. The van der Waals surface area contributed by atoms with Crippen LogP contribution in [0.1, 0.15) is 54.4 Å². The van der Waals surface area contributed by atoms with E-state index in [2.05, 4.69) is 51.8 Å². The molecule has 98 valence electrons. The monoisotopic (exact) mass is 228 g/mol. The lowest BCUT2D eigenvalue weighted by molar-refractivity contribution is 0.194. The summed E-state index contributed by atoms with van der Waals surface area (Å²) in [5.41, 5.74) is 0. The number of hydrogen-bond donors (Lipinski definition) is 1. The molecule has 0 aromatic heterocycles. The quantitative estimate of drug-likeness (QED) is 0.610. The molecule has 0 aliphatic heterocycles. The zero-order valence-electron chi connectivity index (χ0n) is 12.2. The molecule has 2 heteroatoms. The number of nitrogens with one attached hydrogen (secondary N) is 1. The van der Waals surface area contributed by atoms with Crippen molar-refractivity contribution in [1.29, 1.82) is 0 Å². The molecule has 0 atom stereocenters. The van der Waals surface area contributed by atoms with E-state index in [4.69, 9.17) is 0 Å². The topological polar surface area (TPSA) is 15.3 Å². The summed E-state index contributed by atoms with van der Waals surface area (Å²) in [4.78, 5) is 2.60. The van der Waals surface area contributed by atoms with E-state index in [1.54, 1.807) is 0 Å². The Bertz CT molecular complexity index is 153. The maximum absolute atomic E-state index is 3.47. The van der Waals surface area contributed by atoms with Crippen molar-refractivity contribution in [1.82, 2.24) is 10.2 Å². The lowest BCUT2D eigenvalue weighted by atomic mass is 10.1. The Balaban J connectivity index is 3.60. The Hall–Kier alpha value is -0.0800. The Kier molecular flexibility index (Phi) is 8.96. The highest BCUT2D eigenvalue weighted by atomic mass is 15.1. The smallest absolute Gasteiger partial charge is 0.00387 e. The van der Waals surface area contributed by atoms with Crippen LogP contribution >= 0.6 is 0 Å². The van der Waals surface area contributed by atoms with Crippen LogP contribution in [0.4, 0.5) is 0 Å². The fourth-order valence-corrected chi connectivity index (χ4v) is 1.86. The van der Waals surface area contributed by atoms with Gasteiger partial charge in [-0.1, -0.05) is 27.7 Å². The lowest BCUT2D eigenvalue weighted by Crippen LogP contribution is -2.35. The number of hydrogen-bond acceptors (Lipinski definition) is 2. The van der Waals surface area contributed by atoms with Crippen LogP contribution in [-0.4, -0.2) is 36.6 Å². The second kappa shape index (κ2) is 9.00. The van der Waals surface area contributed by atoms with Gasteiger partial charge < -0.3 is 10.2 Å². The Morgan fingerprint density at radius 3 is 2.00 bits per heavy atom. The molecule has 0 bridgehead atoms. The summed E-state index contributed by atoms with van der Waals surface area (Å²) in [6.45, 7) is 17.3. The van der Waals surface area contributed by atoms with Gasteiger partial charge in [0.25, 0.3) is 0 Å². The summed E-state index contributed by atoms with van der Waals surface area (Å²) < 4.78 is 0. The maximum Gasteiger partial charge on any atom is 0.00387 e. The first-order valence-electron chi connectivity index (χ1n) is 6.91. The van der Waals surface area contributed by atoms with Gasteiger partial charge >= 0.3 is 0 Å². The fourth-order valence-electron chi connectivity index (χ4n) is 1.86. The summed E-state index contributed by atoms with van der Waals surface area (Å²) in [5, 5.41) is 3.47. The average molecular weight is 228 g/mol. The molecule has 0 heterocycles. The molecule has 0 rings (SSSR count). The van der Waals surface area contributed by atoms with Crippen molar-refractivity contribution in [2.45, 2.75) is 66.5 Å². The van der Waals surface area contributed by atoms with E-state index in [0.29, 0.717) is 12.1 Å². The van der Waals surface area contributed by atoms with Crippen LogP contribution in [0, 0.1) is 5.92 Å². The summed E-state index contributed by atoms with van der Waals surface area (Å²) in [5.74, 6) is 0.774. The minimum absolute atomic E-state index is 0.622. The molecule has 0 saturated heterocycles. The third-order valence-electron chi connectivity index (χ3n) is 2.75. The van der Waals surface area contributed by atoms with Crippen LogP contribution in [0.2, 0.25) is 0 Å². The number of unbranched alkanes of at least 4 members (excludes halogenated alkanes) is 1. The first kappa shape index (κ1) is 15.9. The first-order chi connectivity index (χ1) is 7.43. The molecule has 0 aromatic carbocycles. The summed E-state index contributed by atoms with van der Waals surface area (Å²) in [6, 6.07) is 1.30. The summed E-state index contributed by atoms with van der Waals surface area (Å²) in [7, 11) is 0. The third-order valence-corrected chi connectivity index (χ3v) is 2.75. The summed E-state index contributed by atoms with van der Waals surface area (Å²) in [6.07, 6.45) is 2.60. The standard InChI is InChI=1S/C14H32N2/c1-12(2)11-16(14(5)6)10-8-7-9-15-13(3)4/h12-15H,7-11H2,1-6H3. The number of rotatable bonds is 9. The van der Waals surface area contributed by atoms with E-state index in [-0.39, 0.29) is 0 Å². The Morgan fingerprint density at radius 1 is 0.938 bits per heavy atom. The van der Waals surface area contributed by atoms with Crippen molar-refractivity contribution in [3.8, 4) is 0 Å². The molecule has 0 aliphatic rings. The normalized spacial score (nSPS) is 12.4. The maximum atomic E-state index is 3.47. The van der Waals surface area contributed by atoms with Gasteiger partial charge in [0.1, 0.15) is 0 Å². The molecule has 0 fully saturated rings. The van der Waals surface area contributed by atoms with Gasteiger partial charge in [-0.05, 0) is 45.7 Å². The van der Waals surface area contributed by atoms with Crippen LogP contribution < -0.4 is 5.32 Å². The van der Waals surface area contributed by atoms with Gasteiger partial charge in [-0.2, -0.15) is 0 Å². The van der Waals surface area contributed by atoms with Crippen LogP contribution in [0.25, 0.3) is 0 Å². The minimum Gasteiger partial charge on any atom is -0.315 e. The van der Waals surface area contributed by atoms with Gasteiger partial charge in [-0.15, -0.1) is 0 Å². The van der Waals surface area contributed by atoms with Gasteiger partial charge in [0.2, 0.25) is 0 Å². The molecule has 0 radical (unpaired) electrons. The van der Waals surface area contributed by atoms with E-state index in [1.807, 2.05) is 0 Å². The Morgan fingerprint density at radius 2 is 1.56 bits per heavy atom. The minimum atomic E-state index is 0.622. The van der Waals surface area contributed by atoms with E-state index >= 15 is 0 Å². The van der Waals surface area contributed by atoms with E-state index in [0.717, 1.165) is 12.5 Å². The van der Waals surface area contributed by atoms with Crippen molar-refractivity contribution in [2.24, 2.45) is 5.92 Å². The van der Waals surface area contributed by atoms with Crippen molar-refractivity contribution in [3.63, 3.8) is 0 Å². The van der Waals surface area contributed by atoms with Crippen molar-refractivity contribution >= 4 is 0 Å². The molecule has 0 amide bonds. The zero-order chi connectivity index (χ0) is 12.6. The van der Waals surface area contributed by atoms with E-state index in [1.165, 1.54) is 25.9 Å². The van der Waals surface area contributed by atoms with Gasteiger partial charge in [0.05, 0.1) is 0 Å². The van der Waals surface area contributed by atoms with Crippen LogP contribution in [0.15, 0.2) is 0 Å². The van der Waals surface area contributed by atoms with Crippen LogP contribution in [0.3, 0.4) is 0 Å². The predicted octanol–water partition coefficient (Wildman–Crippen LogP) is 3.13. The van der Waals surface area contributed by atoms with Gasteiger partial charge in [0.15, 0.2) is 0 Å². The van der Waals surface area contributed by atoms with Crippen molar-refractivity contribution in [2.75, 3.05) is 19.6 Å². The molecule has 2 nitrogen and oxygen atoms in total. The molecule has 0 aliphatic carbocycles. The second-order valence-electron chi connectivity index (χ2n) is 5.80. The fraction of sp³-hybridized carbons (Fsp3) is 1.00. The Labute approximate surface area is 103 Å². The van der Waals surface area contributed by atoms with Gasteiger partial charge in [-0.25, -0.2) is 0 Å². The molecular weight excluding hydrogens is 196 g/mol. The first-order valence-corrected chi connectivity index (χ1v) is 6.91. The van der Waals surface area contributed by atoms with E-state index in [9.17, 15) is 0 Å². The molecule has 0 unspecified atom stereocenters. The van der Waals surface area contributed by atoms with Crippen LogP contribution in [0.5, 0.6) is 0 Å². The van der Waals surface area contributed by atoms with Crippen molar-refractivity contribution < 1.29 is 0 Å². The molecule has 0 saturated carbocycles. The van der Waals surface area contributed by atoms with Crippen molar-refractivity contribution in [3.05, 3.63) is 0 Å². The van der Waals surface area contributed by atoms with E-state index < -0.39 is 0 Å². The average Bonchev–Trinajstić information content (AvgIpc) is 2.14. The highest BCUT2D eigenvalue weighted by Crippen LogP contribution is 2.05. The molecule has 0 spiro atoms. The molecular formula is C14H32N2. The molecule has 0 aromatic rings. The van der Waals surface area contributed by atoms with Crippen LogP contribution in [-0.2, 0) is 0 Å². The largest absolute Gasteiger partial charge is 0.315 e. The highest BCUT2D eigenvalue weighted by molar-refractivity contribution is 4.65. The third kappa shape index (κ3) is 9.17. The summed E-state index contributed by atoms with van der Waals surface area (Å²) >= 11 is 0.